The number of nitrogens with one attached hydrogen (secondary N) is 1. The third kappa shape index (κ3) is 4.42. The number of fused-ring (bicyclic) bond motifs is 1. The Morgan fingerprint density at radius 1 is 1.30 bits per heavy atom. The van der Waals surface area contributed by atoms with E-state index in [1.54, 1.807) is 0 Å². The van der Waals surface area contributed by atoms with E-state index in [0.717, 1.165) is 24.1 Å². The number of hydrogen-bond acceptors (Lipinski definition) is 3. The van der Waals surface area contributed by atoms with Crippen LogP contribution in [0.15, 0.2) is 42.0 Å². The first kappa shape index (κ1) is 18.3. The highest BCUT2D eigenvalue weighted by atomic mass is 35.5. The van der Waals surface area contributed by atoms with E-state index in [9.17, 15) is 4.79 Å². The molecule has 6 heteroatoms. The number of hydrogen-bond donors (Lipinski definition) is 1. The molecular weight excluding hydrogens is 362 g/mol. The van der Waals surface area contributed by atoms with Gasteiger partial charge in [0.2, 0.25) is 0 Å². The van der Waals surface area contributed by atoms with Crippen LogP contribution in [-0.4, -0.2) is 22.2 Å². The predicted octanol–water partition coefficient (Wildman–Crippen LogP) is 4.43. The summed E-state index contributed by atoms with van der Waals surface area (Å²) in [6, 6.07) is 9.48. The van der Waals surface area contributed by atoms with Crippen molar-refractivity contribution in [2.45, 2.75) is 51.4 Å². The first-order valence-corrected chi connectivity index (χ1v) is 9.97. The largest absolute Gasteiger partial charge is 0.365 e. The van der Waals surface area contributed by atoms with Gasteiger partial charge in [-0.25, -0.2) is 0 Å². The van der Waals surface area contributed by atoms with Crippen molar-refractivity contribution in [3.8, 4) is 0 Å². The van der Waals surface area contributed by atoms with Gasteiger partial charge in [0.1, 0.15) is 6.10 Å². The van der Waals surface area contributed by atoms with Crippen molar-refractivity contribution < 1.29 is 9.53 Å². The second kappa shape index (κ2) is 8.28. The van der Waals surface area contributed by atoms with E-state index >= 15 is 0 Å². The molecule has 1 aliphatic heterocycles. The van der Waals surface area contributed by atoms with Crippen LogP contribution in [0.5, 0.6) is 0 Å². The number of benzene rings is 1. The molecule has 0 fully saturated rings. The van der Waals surface area contributed by atoms with E-state index in [0.29, 0.717) is 30.4 Å². The summed E-state index contributed by atoms with van der Waals surface area (Å²) in [5.41, 5.74) is 3.92. The van der Waals surface area contributed by atoms with Gasteiger partial charge in [0.25, 0.3) is 5.91 Å². The lowest BCUT2D eigenvalue weighted by atomic mass is 9.97. The van der Waals surface area contributed by atoms with Gasteiger partial charge in [-0.1, -0.05) is 35.4 Å². The highest BCUT2D eigenvalue weighted by Gasteiger charge is 2.24. The summed E-state index contributed by atoms with van der Waals surface area (Å²) in [6.07, 6.45) is 8.06. The van der Waals surface area contributed by atoms with Crippen LogP contribution >= 0.6 is 11.6 Å². The third-order valence-corrected chi connectivity index (χ3v) is 5.48. The van der Waals surface area contributed by atoms with Crippen molar-refractivity contribution in [1.82, 2.24) is 15.1 Å². The number of carbonyl (C=O) groups is 1. The molecule has 2 aromatic rings. The number of amides is 1. The molecule has 27 heavy (non-hydrogen) atoms. The van der Waals surface area contributed by atoms with Gasteiger partial charge < -0.3 is 10.1 Å². The van der Waals surface area contributed by atoms with Gasteiger partial charge >= 0.3 is 0 Å². The maximum atomic E-state index is 12.4. The quantitative estimate of drug-likeness (QED) is 0.774. The monoisotopic (exact) mass is 385 g/mol. The number of ether oxygens (including phenoxy) is 1. The Morgan fingerprint density at radius 2 is 2.15 bits per heavy atom. The Morgan fingerprint density at radius 3 is 2.93 bits per heavy atom. The maximum absolute atomic E-state index is 12.4. The number of nitrogens with zero attached hydrogens (tertiary/aromatic N) is 2. The van der Waals surface area contributed by atoms with Gasteiger partial charge in [0, 0.05) is 11.6 Å². The Bertz CT molecular complexity index is 842. The Labute approximate surface area is 164 Å². The van der Waals surface area contributed by atoms with E-state index in [2.05, 4.69) is 16.5 Å². The summed E-state index contributed by atoms with van der Waals surface area (Å²) in [5.74, 6) is -0.114. The molecule has 0 radical (unpaired) electrons. The van der Waals surface area contributed by atoms with Gasteiger partial charge in [0.05, 0.1) is 18.8 Å². The SMILES string of the molecule is O=C(NCCC1=CCCCC1)c1cc2n(n1)C[C@@H](c1ccc(Cl)cc1)OC2. The molecule has 4 rings (SSSR count). The Kier molecular flexibility index (Phi) is 5.60. The Hall–Kier alpha value is -2.11. The molecule has 5 nitrogen and oxygen atoms in total. The predicted molar refractivity (Wildman–Crippen MR) is 105 cm³/mol. The van der Waals surface area contributed by atoms with Crippen LogP contribution in [0.1, 0.15) is 60.0 Å². The zero-order chi connectivity index (χ0) is 18.6. The van der Waals surface area contributed by atoms with Crippen molar-refractivity contribution in [3.63, 3.8) is 0 Å². The summed E-state index contributed by atoms with van der Waals surface area (Å²) in [6.45, 7) is 1.70. The molecule has 2 aliphatic rings. The molecule has 142 valence electrons. The van der Waals surface area contributed by atoms with Crippen molar-refractivity contribution in [2.24, 2.45) is 0 Å². The van der Waals surface area contributed by atoms with Gasteiger partial charge in [-0.2, -0.15) is 5.10 Å². The zero-order valence-electron chi connectivity index (χ0n) is 15.3. The van der Waals surface area contributed by atoms with Crippen LogP contribution < -0.4 is 5.32 Å². The van der Waals surface area contributed by atoms with Gasteiger partial charge in [0.15, 0.2) is 5.69 Å². The second-order valence-electron chi connectivity index (χ2n) is 7.17. The van der Waals surface area contributed by atoms with E-state index in [4.69, 9.17) is 16.3 Å². The lowest BCUT2D eigenvalue weighted by molar-refractivity contribution is -0.00119. The fraction of sp³-hybridized carbons (Fsp3) is 0.429. The Balaban J connectivity index is 1.35. The van der Waals surface area contributed by atoms with Crippen molar-refractivity contribution >= 4 is 17.5 Å². The first-order chi connectivity index (χ1) is 13.2. The number of carbonyl (C=O) groups excluding carboxylic acids is 1. The lowest BCUT2D eigenvalue weighted by Gasteiger charge is -2.24. The van der Waals surface area contributed by atoms with E-state index in [1.807, 2.05) is 35.0 Å². The first-order valence-electron chi connectivity index (χ1n) is 9.59. The molecule has 1 aromatic carbocycles. The van der Waals surface area contributed by atoms with E-state index < -0.39 is 0 Å². The molecule has 1 atom stereocenters. The molecule has 0 bridgehead atoms. The molecule has 2 heterocycles. The minimum Gasteiger partial charge on any atom is -0.365 e. The molecular formula is C21H24ClN3O2. The van der Waals surface area contributed by atoms with Crippen molar-refractivity contribution in [1.29, 1.82) is 0 Å². The van der Waals surface area contributed by atoms with Crippen LogP contribution in [0.4, 0.5) is 0 Å². The molecule has 1 N–H and O–H groups in total. The minimum absolute atomic E-state index is 0.0798. The molecule has 0 spiro atoms. The molecule has 1 amide bonds. The molecule has 0 saturated heterocycles. The van der Waals surface area contributed by atoms with Crippen LogP contribution in [0, 0.1) is 0 Å². The molecule has 1 aliphatic carbocycles. The normalized spacial score (nSPS) is 19.3. The van der Waals surface area contributed by atoms with Gasteiger partial charge in [-0.3, -0.25) is 9.48 Å². The summed E-state index contributed by atoms with van der Waals surface area (Å²) in [7, 11) is 0. The van der Waals surface area contributed by atoms with Crippen LogP contribution in [0.25, 0.3) is 0 Å². The maximum Gasteiger partial charge on any atom is 0.271 e. The minimum atomic E-state index is -0.114. The lowest BCUT2D eigenvalue weighted by Crippen LogP contribution is -2.26. The van der Waals surface area contributed by atoms with Crippen molar-refractivity contribution in [3.05, 3.63) is 64.0 Å². The van der Waals surface area contributed by atoms with Gasteiger partial charge in [-0.05, 0) is 55.9 Å². The number of aromatic nitrogens is 2. The van der Waals surface area contributed by atoms with E-state index in [1.165, 1.54) is 24.8 Å². The third-order valence-electron chi connectivity index (χ3n) is 5.23. The second-order valence-corrected chi connectivity index (χ2v) is 7.60. The van der Waals surface area contributed by atoms with Gasteiger partial charge in [-0.15, -0.1) is 0 Å². The molecule has 1 aromatic heterocycles. The highest BCUT2D eigenvalue weighted by Crippen LogP contribution is 2.27. The topological polar surface area (TPSA) is 56.2 Å². The highest BCUT2D eigenvalue weighted by molar-refractivity contribution is 6.30. The fourth-order valence-electron chi connectivity index (χ4n) is 3.67. The molecule has 0 saturated carbocycles. The molecule has 0 unspecified atom stereocenters. The summed E-state index contributed by atoms with van der Waals surface area (Å²) in [5, 5.41) is 8.19. The van der Waals surface area contributed by atoms with Crippen LogP contribution in [0.3, 0.4) is 0 Å². The van der Waals surface area contributed by atoms with Crippen molar-refractivity contribution in [2.75, 3.05) is 6.54 Å². The van der Waals surface area contributed by atoms with Crippen LogP contribution in [0.2, 0.25) is 5.02 Å². The van der Waals surface area contributed by atoms with Crippen LogP contribution in [-0.2, 0) is 17.9 Å². The fourth-order valence-corrected chi connectivity index (χ4v) is 3.80. The zero-order valence-corrected chi connectivity index (χ0v) is 16.0. The van der Waals surface area contributed by atoms with E-state index in [-0.39, 0.29) is 12.0 Å². The summed E-state index contributed by atoms with van der Waals surface area (Å²) >= 11 is 5.95. The standard InChI is InChI=1S/C21H24ClN3O2/c22-17-8-6-16(7-9-17)20-13-25-18(14-27-20)12-19(24-25)21(26)23-11-10-15-4-2-1-3-5-15/h4,6-9,12,20H,1-3,5,10-11,13-14H2,(H,23,26)/t20-/m0/s1. The average Bonchev–Trinajstić information content (AvgIpc) is 3.13. The number of halogens is 1. The average molecular weight is 386 g/mol. The summed E-state index contributed by atoms with van der Waals surface area (Å²) in [4.78, 5) is 12.4. The number of rotatable bonds is 5. The smallest absolute Gasteiger partial charge is 0.271 e. The number of allylic oxidation sites excluding steroid dienone is 1. The summed E-state index contributed by atoms with van der Waals surface area (Å²) < 4.78 is 7.82.